The van der Waals surface area contributed by atoms with Gasteiger partial charge in [-0.15, -0.1) is 0 Å². The minimum atomic E-state index is -0.218. The summed E-state index contributed by atoms with van der Waals surface area (Å²) in [6, 6.07) is 13.1. The van der Waals surface area contributed by atoms with E-state index in [-0.39, 0.29) is 5.91 Å². The first kappa shape index (κ1) is 18.8. The third kappa shape index (κ3) is 6.47. The highest BCUT2D eigenvalue weighted by Gasteiger charge is 2.02. The van der Waals surface area contributed by atoms with Crippen LogP contribution in [0.4, 0.5) is 0 Å². The number of aryl methyl sites for hydroxylation is 1. The summed E-state index contributed by atoms with van der Waals surface area (Å²) in [4.78, 5) is 10.8. The summed E-state index contributed by atoms with van der Waals surface area (Å²) >= 11 is 5.99. The van der Waals surface area contributed by atoms with Crippen LogP contribution in [-0.4, -0.2) is 25.3 Å². The first-order chi connectivity index (χ1) is 12.1. The summed E-state index contributed by atoms with van der Waals surface area (Å²) in [5, 5.41) is 4.59. The number of hydrogen-bond acceptors (Lipinski definition) is 4. The van der Waals surface area contributed by atoms with Crippen LogP contribution in [0.1, 0.15) is 24.5 Å². The molecule has 1 amide bonds. The Bertz CT molecular complexity index is 747. The van der Waals surface area contributed by atoms with E-state index in [4.69, 9.17) is 21.1 Å². The standard InChI is InChI=1S/C19H21ClN2O3/c1-14-12-17(8-9-18(14)20)24-10-5-11-25-19-7-4-3-6-16(19)13-21-22-15(2)23/h3-4,6-9,12-13H,5,10-11H2,1-2H3,(H,22,23)/b21-13-. The van der Waals surface area contributed by atoms with Gasteiger partial charge in [0.15, 0.2) is 0 Å². The van der Waals surface area contributed by atoms with Crippen LogP contribution in [-0.2, 0) is 4.79 Å². The lowest BCUT2D eigenvalue weighted by Crippen LogP contribution is -2.12. The molecule has 2 rings (SSSR count). The van der Waals surface area contributed by atoms with Gasteiger partial charge in [-0.2, -0.15) is 5.10 Å². The molecular formula is C19H21ClN2O3. The topological polar surface area (TPSA) is 59.9 Å². The quantitative estimate of drug-likeness (QED) is 0.440. The fourth-order valence-electron chi connectivity index (χ4n) is 2.05. The lowest BCUT2D eigenvalue weighted by molar-refractivity contribution is -0.118. The molecule has 0 unspecified atom stereocenters. The number of carbonyl (C=O) groups is 1. The second kappa shape index (κ2) is 9.69. The third-order valence-corrected chi connectivity index (χ3v) is 3.71. The number of hydrogen-bond donors (Lipinski definition) is 1. The molecule has 0 saturated heterocycles. The average Bonchev–Trinajstić information content (AvgIpc) is 2.58. The number of para-hydroxylation sites is 1. The summed E-state index contributed by atoms with van der Waals surface area (Å²) in [6.07, 6.45) is 2.29. The van der Waals surface area contributed by atoms with Crippen LogP contribution in [0, 0.1) is 6.92 Å². The van der Waals surface area contributed by atoms with Crippen molar-refractivity contribution in [3.8, 4) is 11.5 Å². The Labute approximate surface area is 152 Å². The molecule has 1 N–H and O–H groups in total. The summed E-state index contributed by atoms with van der Waals surface area (Å²) in [5.41, 5.74) is 4.16. The van der Waals surface area contributed by atoms with E-state index in [1.165, 1.54) is 6.92 Å². The van der Waals surface area contributed by atoms with Crippen LogP contribution in [0.25, 0.3) is 0 Å². The van der Waals surface area contributed by atoms with Gasteiger partial charge in [0.1, 0.15) is 11.5 Å². The van der Waals surface area contributed by atoms with Crippen LogP contribution >= 0.6 is 11.6 Å². The largest absolute Gasteiger partial charge is 0.493 e. The molecule has 2 aromatic carbocycles. The van der Waals surface area contributed by atoms with Crippen molar-refractivity contribution in [2.24, 2.45) is 5.10 Å². The summed E-state index contributed by atoms with van der Waals surface area (Å²) in [6.45, 7) is 4.40. The van der Waals surface area contributed by atoms with Crippen molar-refractivity contribution >= 4 is 23.7 Å². The van der Waals surface area contributed by atoms with Crippen molar-refractivity contribution in [2.45, 2.75) is 20.3 Å². The van der Waals surface area contributed by atoms with Crippen molar-refractivity contribution < 1.29 is 14.3 Å². The molecular weight excluding hydrogens is 340 g/mol. The predicted octanol–water partition coefficient (Wildman–Crippen LogP) is 3.97. The van der Waals surface area contributed by atoms with E-state index in [9.17, 15) is 4.79 Å². The Morgan fingerprint density at radius 1 is 1.20 bits per heavy atom. The summed E-state index contributed by atoms with van der Waals surface area (Å²) < 4.78 is 11.5. The highest BCUT2D eigenvalue weighted by Crippen LogP contribution is 2.21. The number of carbonyl (C=O) groups excluding carboxylic acids is 1. The van der Waals surface area contributed by atoms with Gasteiger partial charge in [0.2, 0.25) is 5.91 Å². The van der Waals surface area contributed by atoms with E-state index in [0.29, 0.717) is 19.0 Å². The molecule has 0 radical (unpaired) electrons. The maximum atomic E-state index is 10.8. The average molecular weight is 361 g/mol. The first-order valence-electron chi connectivity index (χ1n) is 7.96. The fourth-order valence-corrected chi connectivity index (χ4v) is 2.17. The third-order valence-electron chi connectivity index (χ3n) is 3.29. The molecule has 0 aromatic heterocycles. The Morgan fingerprint density at radius 3 is 2.72 bits per heavy atom. The van der Waals surface area contributed by atoms with E-state index in [2.05, 4.69) is 10.5 Å². The fraction of sp³-hybridized carbons (Fsp3) is 0.263. The molecule has 0 aliphatic rings. The molecule has 25 heavy (non-hydrogen) atoms. The molecule has 0 aliphatic heterocycles. The van der Waals surface area contributed by atoms with Crippen LogP contribution in [0.15, 0.2) is 47.6 Å². The maximum Gasteiger partial charge on any atom is 0.236 e. The molecule has 0 fully saturated rings. The molecule has 0 spiro atoms. The van der Waals surface area contributed by atoms with Crippen LogP contribution in [0.5, 0.6) is 11.5 Å². The van der Waals surface area contributed by atoms with E-state index < -0.39 is 0 Å². The lowest BCUT2D eigenvalue weighted by Gasteiger charge is -2.10. The first-order valence-corrected chi connectivity index (χ1v) is 8.34. The highest BCUT2D eigenvalue weighted by atomic mass is 35.5. The molecule has 0 bridgehead atoms. The molecule has 0 saturated carbocycles. The van der Waals surface area contributed by atoms with Crippen molar-refractivity contribution in [2.75, 3.05) is 13.2 Å². The predicted molar refractivity (Wildman–Crippen MR) is 99.6 cm³/mol. The smallest absolute Gasteiger partial charge is 0.236 e. The number of rotatable bonds is 8. The van der Waals surface area contributed by atoms with Crippen molar-refractivity contribution in [1.82, 2.24) is 5.43 Å². The highest BCUT2D eigenvalue weighted by molar-refractivity contribution is 6.31. The van der Waals surface area contributed by atoms with Gasteiger partial charge >= 0.3 is 0 Å². The van der Waals surface area contributed by atoms with Gasteiger partial charge in [0.25, 0.3) is 0 Å². The van der Waals surface area contributed by atoms with Gasteiger partial charge in [0, 0.05) is 23.9 Å². The van der Waals surface area contributed by atoms with Gasteiger partial charge in [-0.05, 0) is 42.8 Å². The number of nitrogens with one attached hydrogen (secondary N) is 1. The maximum absolute atomic E-state index is 10.8. The van der Waals surface area contributed by atoms with Gasteiger partial charge in [0.05, 0.1) is 19.4 Å². The van der Waals surface area contributed by atoms with E-state index in [1.54, 1.807) is 6.21 Å². The molecule has 2 aromatic rings. The Hall–Kier alpha value is -2.53. The lowest BCUT2D eigenvalue weighted by atomic mass is 10.2. The summed E-state index contributed by atoms with van der Waals surface area (Å²) in [7, 11) is 0. The Kier molecular flexibility index (Phi) is 7.29. The number of hydrazone groups is 1. The minimum Gasteiger partial charge on any atom is -0.493 e. The molecule has 0 atom stereocenters. The number of amides is 1. The van der Waals surface area contributed by atoms with Crippen LogP contribution in [0.2, 0.25) is 5.02 Å². The number of nitrogens with zero attached hydrogens (tertiary/aromatic N) is 1. The second-order valence-electron chi connectivity index (χ2n) is 5.43. The molecule has 0 aliphatic carbocycles. The summed E-state index contributed by atoms with van der Waals surface area (Å²) in [5.74, 6) is 1.29. The van der Waals surface area contributed by atoms with Crippen LogP contribution < -0.4 is 14.9 Å². The SMILES string of the molecule is CC(=O)N/N=C\c1ccccc1OCCCOc1ccc(Cl)c(C)c1. The van der Waals surface area contributed by atoms with E-state index in [0.717, 1.165) is 28.3 Å². The van der Waals surface area contributed by atoms with E-state index >= 15 is 0 Å². The monoisotopic (exact) mass is 360 g/mol. The van der Waals surface area contributed by atoms with E-state index in [1.807, 2.05) is 49.4 Å². The number of halogens is 1. The van der Waals surface area contributed by atoms with Gasteiger partial charge < -0.3 is 9.47 Å². The van der Waals surface area contributed by atoms with Crippen molar-refractivity contribution in [1.29, 1.82) is 0 Å². The molecule has 6 heteroatoms. The normalized spacial score (nSPS) is 10.7. The van der Waals surface area contributed by atoms with Gasteiger partial charge in [-0.1, -0.05) is 23.7 Å². The Balaban J connectivity index is 1.78. The van der Waals surface area contributed by atoms with Gasteiger partial charge in [-0.25, -0.2) is 5.43 Å². The van der Waals surface area contributed by atoms with Crippen molar-refractivity contribution in [3.63, 3.8) is 0 Å². The second-order valence-corrected chi connectivity index (χ2v) is 5.83. The molecule has 5 nitrogen and oxygen atoms in total. The number of benzene rings is 2. The van der Waals surface area contributed by atoms with Crippen molar-refractivity contribution in [3.05, 3.63) is 58.6 Å². The van der Waals surface area contributed by atoms with Gasteiger partial charge in [-0.3, -0.25) is 4.79 Å². The zero-order valence-corrected chi connectivity index (χ0v) is 15.0. The number of ether oxygens (including phenoxy) is 2. The molecule has 0 heterocycles. The minimum absolute atomic E-state index is 0.218. The molecule has 132 valence electrons. The zero-order chi connectivity index (χ0) is 18.1. The Morgan fingerprint density at radius 2 is 1.96 bits per heavy atom. The zero-order valence-electron chi connectivity index (χ0n) is 14.3. The van der Waals surface area contributed by atoms with Crippen LogP contribution in [0.3, 0.4) is 0 Å².